The van der Waals surface area contributed by atoms with Crippen molar-refractivity contribution >= 4 is 11.6 Å². The number of hydrogen-bond acceptors (Lipinski definition) is 4. The summed E-state index contributed by atoms with van der Waals surface area (Å²) in [7, 11) is 1.40. The van der Waals surface area contributed by atoms with Crippen LogP contribution in [0, 0.1) is 5.92 Å². The number of rotatable bonds is 4. The summed E-state index contributed by atoms with van der Waals surface area (Å²) in [5.74, 6) is 0.332. The van der Waals surface area contributed by atoms with Crippen molar-refractivity contribution in [1.82, 2.24) is 14.3 Å². The van der Waals surface area contributed by atoms with Crippen LogP contribution in [-0.2, 0) is 11.2 Å². The van der Waals surface area contributed by atoms with Gasteiger partial charge in [-0.25, -0.2) is 9.78 Å². The Labute approximate surface area is 124 Å². The number of likely N-dealkylation sites (tertiary alicyclic amines) is 1. The number of methoxy groups -OCH3 is 1. The lowest BCUT2D eigenvalue weighted by Crippen LogP contribution is -2.20. The van der Waals surface area contributed by atoms with Gasteiger partial charge in [0, 0.05) is 12.7 Å². The molecule has 0 spiro atoms. The third-order valence-electron chi connectivity index (χ3n) is 4.25. The van der Waals surface area contributed by atoms with Crippen LogP contribution in [0.3, 0.4) is 0 Å². The Morgan fingerprint density at radius 1 is 1.48 bits per heavy atom. The molecule has 1 atom stereocenters. The number of esters is 1. The average Bonchev–Trinajstić information content (AvgIpc) is 3.12. The number of hydrogen-bond donors (Lipinski definition) is 0. The Morgan fingerprint density at radius 3 is 3.05 bits per heavy atom. The third kappa shape index (κ3) is 2.78. The Morgan fingerprint density at radius 2 is 2.33 bits per heavy atom. The minimum Gasteiger partial charge on any atom is -0.464 e. The molecular formula is C16H21N3O2. The summed E-state index contributed by atoms with van der Waals surface area (Å²) in [6.45, 7) is 5.65. The SMILES string of the molecule is CCN1CCC(Cc2cn3c(C(=O)OC)cccc3n2)C1. The van der Waals surface area contributed by atoms with E-state index in [1.165, 1.54) is 20.1 Å². The number of pyridine rings is 1. The molecule has 0 radical (unpaired) electrons. The van der Waals surface area contributed by atoms with E-state index in [-0.39, 0.29) is 5.97 Å². The highest BCUT2D eigenvalue weighted by molar-refractivity contribution is 5.88. The predicted octanol–water partition coefficient (Wildman–Crippen LogP) is 2.01. The molecule has 0 amide bonds. The van der Waals surface area contributed by atoms with Crippen LogP contribution in [0.1, 0.15) is 29.5 Å². The molecule has 1 fully saturated rings. The minimum absolute atomic E-state index is 0.331. The second-order valence-electron chi connectivity index (χ2n) is 5.62. The Bertz CT molecular complexity index is 650. The third-order valence-corrected chi connectivity index (χ3v) is 4.25. The van der Waals surface area contributed by atoms with E-state index in [9.17, 15) is 4.79 Å². The maximum Gasteiger partial charge on any atom is 0.355 e. The molecule has 1 aliphatic rings. The van der Waals surface area contributed by atoms with Crippen LogP contribution < -0.4 is 0 Å². The molecule has 1 unspecified atom stereocenters. The van der Waals surface area contributed by atoms with Crippen molar-refractivity contribution < 1.29 is 9.53 Å². The molecular weight excluding hydrogens is 266 g/mol. The van der Waals surface area contributed by atoms with Gasteiger partial charge in [-0.2, -0.15) is 0 Å². The smallest absolute Gasteiger partial charge is 0.355 e. The van der Waals surface area contributed by atoms with Crippen LogP contribution >= 0.6 is 0 Å². The lowest BCUT2D eigenvalue weighted by atomic mass is 10.0. The first-order valence-electron chi connectivity index (χ1n) is 7.49. The zero-order chi connectivity index (χ0) is 14.8. The predicted molar refractivity (Wildman–Crippen MR) is 80.5 cm³/mol. The maximum atomic E-state index is 11.8. The summed E-state index contributed by atoms with van der Waals surface area (Å²) >= 11 is 0. The van der Waals surface area contributed by atoms with Gasteiger partial charge in [-0.3, -0.25) is 4.40 Å². The number of aromatic nitrogens is 2. The second-order valence-corrected chi connectivity index (χ2v) is 5.62. The standard InChI is InChI=1S/C16H21N3O2/c1-3-18-8-7-12(10-18)9-13-11-19-14(16(20)21-2)5-4-6-15(19)17-13/h4-6,11-12H,3,7-10H2,1-2H3. The van der Waals surface area contributed by atoms with Crippen molar-refractivity contribution in [3.8, 4) is 0 Å². The first-order chi connectivity index (χ1) is 10.2. The van der Waals surface area contributed by atoms with Gasteiger partial charge in [0.1, 0.15) is 11.3 Å². The molecule has 1 aliphatic heterocycles. The number of imidazole rings is 1. The van der Waals surface area contributed by atoms with E-state index in [0.29, 0.717) is 11.6 Å². The van der Waals surface area contributed by atoms with Gasteiger partial charge in [0.25, 0.3) is 0 Å². The van der Waals surface area contributed by atoms with Gasteiger partial charge < -0.3 is 9.64 Å². The molecule has 21 heavy (non-hydrogen) atoms. The molecule has 0 aromatic carbocycles. The number of ether oxygens (including phenoxy) is 1. The van der Waals surface area contributed by atoms with E-state index >= 15 is 0 Å². The molecule has 112 valence electrons. The fourth-order valence-electron chi connectivity index (χ4n) is 3.09. The van der Waals surface area contributed by atoms with E-state index in [1.807, 2.05) is 22.7 Å². The maximum absolute atomic E-state index is 11.8. The summed E-state index contributed by atoms with van der Waals surface area (Å²) in [5, 5.41) is 0. The van der Waals surface area contributed by atoms with E-state index < -0.39 is 0 Å². The summed E-state index contributed by atoms with van der Waals surface area (Å²) in [4.78, 5) is 18.9. The van der Waals surface area contributed by atoms with Crippen LogP contribution in [0.2, 0.25) is 0 Å². The van der Waals surface area contributed by atoms with Crippen LogP contribution in [0.25, 0.3) is 5.65 Å². The highest BCUT2D eigenvalue weighted by Gasteiger charge is 2.22. The van der Waals surface area contributed by atoms with Gasteiger partial charge in [-0.15, -0.1) is 0 Å². The number of nitrogens with zero attached hydrogens (tertiary/aromatic N) is 3. The molecule has 0 saturated carbocycles. The molecule has 1 saturated heterocycles. The highest BCUT2D eigenvalue weighted by Crippen LogP contribution is 2.21. The molecule has 5 heteroatoms. The van der Waals surface area contributed by atoms with Crippen LogP contribution in [-0.4, -0.2) is 47.0 Å². The molecule has 0 N–H and O–H groups in total. The molecule has 2 aromatic heterocycles. The summed E-state index contributed by atoms with van der Waals surface area (Å²) in [5.41, 5.74) is 2.38. The van der Waals surface area contributed by atoms with Crippen LogP contribution in [0.4, 0.5) is 0 Å². The summed E-state index contributed by atoms with van der Waals surface area (Å²) in [6.07, 6.45) is 4.17. The number of fused-ring (bicyclic) bond motifs is 1. The monoisotopic (exact) mass is 287 g/mol. The van der Waals surface area contributed by atoms with Crippen molar-refractivity contribution in [3.05, 3.63) is 35.8 Å². The number of carbonyl (C=O) groups is 1. The molecule has 5 nitrogen and oxygen atoms in total. The van der Waals surface area contributed by atoms with Crippen molar-refractivity contribution in [2.24, 2.45) is 5.92 Å². The van der Waals surface area contributed by atoms with Gasteiger partial charge in [0.15, 0.2) is 0 Å². The lowest BCUT2D eigenvalue weighted by Gasteiger charge is -2.11. The largest absolute Gasteiger partial charge is 0.464 e. The second kappa shape index (κ2) is 5.85. The van der Waals surface area contributed by atoms with Crippen LogP contribution in [0.15, 0.2) is 24.4 Å². The molecule has 3 heterocycles. The minimum atomic E-state index is -0.331. The van der Waals surface area contributed by atoms with Crippen molar-refractivity contribution in [1.29, 1.82) is 0 Å². The normalized spacial score (nSPS) is 19.2. The zero-order valence-corrected chi connectivity index (χ0v) is 12.6. The molecule has 0 bridgehead atoms. The van der Waals surface area contributed by atoms with E-state index in [2.05, 4.69) is 16.8 Å². The topological polar surface area (TPSA) is 46.8 Å². The van der Waals surface area contributed by atoms with E-state index in [1.54, 1.807) is 6.07 Å². The van der Waals surface area contributed by atoms with Crippen molar-refractivity contribution in [2.75, 3.05) is 26.7 Å². The molecule has 2 aromatic rings. The Kier molecular flexibility index (Phi) is 3.92. The van der Waals surface area contributed by atoms with Gasteiger partial charge in [-0.05, 0) is 44.0 Å². The number of carbonyl (C=O) groups excluding carboxylic acids is 1. The highest BCUT2D eigenvalue weighted by atomic mass is 16.5. The fourth-order valence-corrected chi connectivity index (χ4v) is 3.09. The quantitative estimate of drug-likeness (QED) is 0.807. The van der Waals surface area contributed by atoms with Gasteiger partial charge in [0.2, 0.25) is 0 Å². The molecule has 0 aliphatic carbocycles. The first-order valence-corrected chi connectivity index (χ1v) is 7.49. The first kappa shape index (κ1) is 14.1. The van der Waals surface area contributed by atoms with E-state index in [4.69, 9.17) is 4.74 Å². The summed E-state index contributed by atoms with van der Waals surface area (Å²) < 4.78 is 6.65. The fraction of sp³-hybridized carbons (Fsp3) is 0.500. The Hall–Kier alpha value is -1.88. The van der Waals surface area contributed by atoms with Crippen LogP contribution in [0.5, 0.6) is 0 Å². The summed E-state index contributed by atoms with van der Waals surface area (Å²) in [6, 6.07) is 5.52. The lowest BCUT2D eigenvalue weighted by molar-refractivity contribution is 0.0592. The van der Waals surface area contributed by atoms with E-state index in [0.717, 1.165) is 30.9 Å². The van der Waals surface area contributed by atoms with Gasteiger partial charge in [0.05, 0.1) is 12.8 Å². The van der Waals surface area contributed by atoms with Crippen molar-refractivity contribution in [3.63, 3.8) is 0 Å². The average molecular weight is 287 g/mol. The van der Waals surface area contributed by atoms with Crippen molar-refractivity contribution in [2.45, 2.75) is 19.8 Å². The zero-order valence-electron chi connectivity index (χ0n) is 12.6. The van der Waals surface area contributed by atoms with Gasteiger partial charge in [-0.1, -0.05) is 13.0 Å². The molecule has 3 rings (SSSR count). The van der Waals surface area contributed by atoms with Gasteiger partial charge >= 0.3 is 5.97 Å². The Balaban J connectivity index is 1.83.